The van der Waals surface area contributed by atoms with E-state index in [1.165, 1.54) is 6.07 Å². The summed E-state index contributed by atoms with van der Waals surface area (Å²) < 4.78 is 38.4. The van der Waals surface area contributed by atoms with Crippen LogP contribution in [0.5, 0.6) is 0 Å². The first-order valence-corrected chi connectivity index (χ1v) is 6.11. The van der Waals surface area contributed by atoms with Crippen molar-refractivity contribution in [3.05, 3.63) is 23.8 Å². The number of nitrogen functional groups attached to an aromatic ring is 1. The zero-order valence-electron chi connectivity index (χ0n) is 11.0. The number of aliphatic hydroxyl groups excluding tert-OH is 1. The summed E-state index contributed by atoms with van der Waals surface area (Å²) in [6.07, 6.45) is -3.95. The zero-order valence-corrected chi connectivity index (χ0v) is 11.0. The minimum atomic E-state index is -4.46. The average molecular weight is 276 g/mol. The van der Waals surface area contributed by atoms with Crippen LogP contribution in [0.15, 0.2) is 18.2 Å². The SMILES string of the molecule is CC(C)N(CCCO)c1ccc(N)c(C(F)(F)F)c1. The Kier molecular flexibility index (Phi) is 5.05. The summed E-state index contributed by atoms with van der Waals surface area (Å²) in [6, 6.07) is 3.94. The van der Waals surface area contributed by atoms with Crippen LogP contribution < -0.4 is 10.6 Å². The van der Waals surface area contributed by atoms with Gasteiger partial charge in [0.15, 0.2) is 0 Å². The first kappa shape index (κ1) is 15.6. The summed E-state index contributed by atoms with van der Waals surface area (Å²) in [7, 11) is 0. The van der Waals surface area contributed by atoms with Crippen LogP contribution in [0.2, 0.25) is 0 Å². The van der Waals surface area contributed by atoms with Gasteiger partial charge in [-0.25, -0.2) is 0 Å². The van der Waals surface area contributed by atoms with Gasteiger partial charge in [0.1, 0.15) is 0 Å². The number of alkyl halides is 3. The molecule has 6 heteroatoms. The number of halogens is 3. The Bertz CT molecular complexity index is 419. The molecule has 0 aliphatic carbocycles. The van der Waals surface area contributed by atoms with Crippen LogP contribution in [0.4, 0.5) is 24.5 Å². The molecule has 0 radical (unpaired) electrons. The second kappa shape index (κ2) is 6.14. The lowest BCUT2D eigenvalue weighted by Gasteiger charge is -2.29. The predicted molar refractivity (Wildman–Crippen MR) is 70.0 cm³/mol. The largest absolute Gasteiger partial charge is 0.418 e. The second-order valence-electron chi connectivity index (χ2n) is 4.63. The minimum Gasteiger partial charge on any atom is -0.398 e. The van der Waals surface area contributed by atoms with E-state index in [4.69, 9.17) is 10.8 Å². The molecule has 0 saturated heterocycles. The van der Waals surface area contributed by atoms with E-state index < -0.39 is 11.7 Å². The van der Waals surface area contributed by atoms with Gasteiger partial charge in [0.2, 0.25) is 0 Å². The van der Waals surface area contributed by atoms with Gasteiger partial charge < -0.3 is 15.7 Å². The number of rotatable bonds is 5. The smallest absolute Gasteiger partial charge is 0.398 e. The normalized spacial score (nSPS) is 11.9. The fourth-order valence-corrected chi connectivity index (χ4v) is 1.89. The fraction of sp³-hybridized carbons (Fsp3) is 0.538. The van der Waals surface area contributed by atoms with Gasteiger partial charge in [0.05, 0.1) is 5.56 Å². The highest BCUT2D eigenvalue weighted by Gasteiger charge is 2.33. The van der Waals surface area contributed by atoms with Crippen molar-refractivity contribution >= 4 is 11.4 Å². The molecular formula is C13H19F3N2O. The maximum atomic E-state index is 12.8. The van der Waals surface area contributed by atoms with Crippen molar-refractivity contribution in [3.63, 3.8) is 0 Å². The fourth-order valence-electron chi connectivity index (χ4n) is 1.89. The molecule has 0 fully saturated rings. The van der Waals surface area contributed by atoms with Gasteiger partial charge in [0, 0.05) is 30.6 Å². The number of nitrogens with two attached hydrogens (primary N) is 1. The van der Waals surface area contributed by atoms with Crippen molar-refractivity contribution in [2.75, 3.05) is 23.8 Å². The quantitative estimate of drug-likeness (QED) is 0.813. The third-order valence-corrected chi connectivity index (χ3v) is 2.85. The van der Waals surface area contributed by atoms with Crippen LogP contribution in [0.3, 0.4) is 0 Å². The highest BCUT2D eigenvalue weighted by molar-refractivity contribution is 5.59. The van der Waals surface area contributed by atoms with Gasteiger partial charge in [-0.3, -0.25) is 0 Å². The van der Waals surface area contributed by atoms with Crippen LogP contribution in [-0.2, 0) is 6.18 Å². The van der Waals surface area contributed by atoms with E-state index in [1.54, 1.807) is 6.07 Å². The standard InChI is InChI=1S/C13H19F3N2O/c1-9(2)18(6-3-7-19)10-4-5-12(17)11(8-10)13(14,15)16/h4-5,8-9,19H,3,6-7,17H2,1-2H3. The van der Waals surface area contributed by atoms with Gasteiger partial charge in [-0.1, -0.05) is 0 Å². The third-order valence-electron chi connectivity index (χ3n) is 2.85. The third kappa shape index (κ3) is 4.02. The number of benzene rings is 1. The van der Waals surface area contributed by atoms with Crippen LogP contribution in [0.1, 0.15) is 25.8 Å². The van der Waals surface area contributed by atoms with E-state index >= 15 is 0 Å². The van der Waals surface area contributed by atoms with Gasteiger partial charge in [-0.2, -0.15) is 13.2 Å². The summed E-state index contributed by atoms with van der Waals surface area (Å²) in [4.78, 5) is 1.81. The molecule has 1 aromatic rings. The van der Waals surface area contributed by atoms with E-state index in [-0.39, 0.29) is 18.3 Å². The summed E-state index contributed by atoms with van der Waals surface area (Å²) in [5.74, 6) is 0. The van der Waals surface area contributed by atoms with Gasteiger partial charge >= 0.3 is 6.18 Å². The first-order chi connectivity index (χ1) is 8.77. The molecule has 3 nitrogen and oxygen atoms in total. The molecule has 1 aromatic carbocycles. The molecule has 0 amide bonds. The molecule has 0 atom stereocenters. The minimum absolute atomic E-state index is 0.00429. The molecule has 108 valence electrons. The number of hydrogen-bond donors (Lipinski definition) is 2. The Morgan fingerprint density at radius 3 is 2.42 bits per heavy atom. The molecule has 0 aromatic heterocycles. The van der Waals surface area contributed by atoms with Crippen LogP contribution in [0, 0.1) is 0 Å². The molecule has 0 aliphatic heterocycles. The molecule has 1 rings (SSSR count). The van der Waals surface area contributed by atoms with Crippen molar-refractivity contribution in [2.45, 2.75) is 32.5 Å². The van der Waals surface area contributed by atoms with Gasteiger partial charge in [-0.15, -0.1) is 0 Å². The van der Waals surface area contributed by atoms with Crippen molar-refractivity contribution in [3.8, 4) is 0 Å². The molecule has 0 heterocycles. The van der Waals surface area contributed by atoms with Crippen LogP contribution >= 0.6 is 0 Å². The molecule has 0 bridgehead atoms. The number of nitrogens with zero attached hydrogens (tertiary/aromatic N) is 1. The van der Waals surface area contributed by atoms with E-state index in [2.05, 4.69) is 0 Å². The lowest BCUT2D eigenvalue weighted by molar-refractivity contribution is -0.136. The molecule has 3 N–H and O–H groups in total. The van der Waals surface area contributed by atoms with Crippen LogP contribution in [0.25, 0.3) is 0 Å². The van der Waals surface area contributed by atoms with Crippen LogP contribution in [-0.4, -0.2) is 24.3 Å². The molecule has 0 aliphatic rings. The topological polar surface area (TPSA) is 49.5 Å². The average Bonchev–Trinajstić information content (AvgIpc) is 2.29. The number of hydrogen-bond acceptors (Lipinski definition) is 3. The lowest BCUT2D eigenvalue weighted by Crippen LogP contribution is -2.32. The van der Waals surface area contributed by atoms with E-state index in [1.807, 2.05) is 18.7 Å². The molecule has 0 spiro atoms. The van der Waals surface area contributed by atoms with Gasteiger partial charge in [0.25, 0.3) is 0 Å². The molecule has 19 heavy (non-hydrogen) atoms. The van der Waals surface area contributed by atoms with Crippen molar-refractivity contribution in [1.82, 2.24) is 0 Å². The highest BCUT2D eigenvalue weighted by Crippen LogP contribution is 2.36. The summed E-state index contributed by atoms with van der Waals surface area (Å²) in [5.41, 5.74) is 4.74. The summed E-state index contributed by atoms with van der Waals surface area (Å²) in [6.45, 7) is 4.28. The number of anilines is 2. The zero-order chi connectivity index (χ0) is 14.6. The molecule has 0 saturated carbocycles. The Morgan fingerprint density at radius 1 is 1.32 bits per heavy atom. The lowest BCUT2D eigenvalue weighted by atomic mass is 10.1. The first-order valence-electron chi connectivity index (χ1n) is 6.11. The highest BCUT2D eigenvalue weighted by atomic mass is 19.4. The maximum Gasteiger partial charge on any atom is 0.418 e. The van der Waals surface area contributed by atoms with E-state index in [0.29, 0.717) is 18.7 Å². The number of aliphatic hydroxyl groups is 1. The van der Waals surface area contributed by atoms with E-state index in [9.17, 15) is 13.2 Å². The predicted octanol–water partition coefficient (Wildman–Crippen LogP) is 2.88. The van der Waals surface area contributed by atoms with Crippen molar-refractivity contribution in [1.29, 1.82) is 0 Å². The molecule has 0 unspecified atom stereocenters. The summed E-state index contributed by atoms with van der Waals surface area (Å²) in [5, 5.41) is 8.85. The molecular weight excluding hydrogens is 257 g/mol. The monoisotopic (exact) mass is 276 g/mol. The summed E-state index contributed by atoms with van der Waals surface area (Å²) >= 11 is 0. The Morgan fingerprint density at radius 2 is 1.95 bits per heavy atom. The Labute approximate surface area is 110 Å². The second-order valence-corrected chi connectivity index (χ2v) is 4.63. The maximum absolute atomic E-state index is 12.8. The Balaban J connectivity index is 3.11. The Hall–Kier alpha value is -1.43. The van der Waals surface area contributed by atoms with Crippen molar-refractivity contribution < 1.29 is 18.3 Å². The van der Waals surface area contributed by atoms with Crippen molar-refractivity contribution in [2.24, 2.45) is 0 Å². The van der Waals surface area contributed by atoms with Gasteiger partial charge in [-0.05, 0) is 38.5 Å². The van der Waals surface area contributed by atoms with E-state index in [0.717, 1.165) is 6.07 Å².